The SMILES string of the molecule is NC(CS(=O)(=O)Cc1ccccc1)C(=O)N[C@@H](CCc1ccccc1)C(O)c1nccs1. The van der Waals surface area contributed by atoms with Crippen LogP contribution in [0.15, 0.2) is 72.2 Å². The molecule has 7 nitrogen and oxygen atoms in total. The Labute approximate surface area is 192 Å². The van der Waals surface area contributed by atoms with E-state index in [4.69, 9.17) is 5.73 Å². The van der Waals surface area contributed by atoms with Gasteiger partial charge in [0.2, 0.25) is 5.91 Å². The number of hydrogen-bond donors (Lipinski definition) is 3. The number of nitrogens with one attached hydrogen (secondary N) is 1. The number of aliphatic hydroxyl groups excluding tert-OH is 1. The van der Waals surface area contributed by atoms with E-state index in [1.54, 1.807) is 41.9 Å². The fraction of sp³-hybridized carbons (Fsp3) is 0.304. The van der Waals surface area contributed by atoms with Gasteiger partial charge in [0.25, 0.3) is 0 Å². The van der Waals surface area contributed by atoms with Gasteiger partial charge in [0, 0.05) is 11.6 Å². The van der Waals surface area contributed by atoms with Gasteiger partial charge in [0.05, 0.1) is 23.6 Å². The number of benzene rings is 2. The van der Waals surface area contributed by atoms with E-state index in [0.29, 0.717) is 23.4 Å². The summed E-state index contributed by atoms with van der Waals surface area (Å²) < 4.78 is 25.0. The Bertz CT molecular complexity index is 1070. The lowest BCUT2D eigenvalue weighted by molar-refractivity contribution is -0.123. The van der Waals surface area contributed by atoms with Crippen LogP contribution in [-0.4, -0.2) is 42.3 Å². The van der Waals surface area contributed by atoms with Crippen LogP contribution in [0.5, 0.6) is 0 Å². The molecule has 3 atom stereocenters. The van der Waals surface area contributed by atoms with E-state index < -0.39 is 39.7 Å². The van der Waals surface area contributed by atoms with Crippen molar-refractivity contribution in [2.75, 3.05) is 5.75 Å². The quantitative estimate of drug-likeness (QED) is 0.393. The Morgan fingerprint density at radius 1 is 1.06 bits per heavy atom. The number of rotatable bonds is 11. The van der Waals surface area contributed by atoms with E-state index in [2.05, 4.69) is 10.3 Å². The Morgan fingerprint density at radius 2 is 1.69 bits per heavy atom. The first kappa shape index (κ1) is 24.1. The minimum atomic E-state index is -3.59. The highest BCUT2D eigenvalue weighted by molar-refractivity contribution is 7.90. The van der Waals surface area contributed by atoms with Crippen molar-refractivity contribution in [2.24, 2.45) is 5.73 Å². The standard InChI is InChI=1S/C23H27N3O4S2/c24-19(16-32(29,30)15-18-9-5-2-6-10-18)22(28)26-20(21(27)23-25-13-14-31-23)12-11-17-7-3-1-4-8-17/h1-10,13-14,19-21,27H,11-12,15-16,24H2,(H,26,28)/t19?,20-,21?/m0/s1. The first-order valence-corrected chi connectivity index (χ1v) is 13.0. The first-order valence-electron chi connectivity index (χ1n) is 10.3. The Balaban J connectivity index is 1.65. The molecule has 0 radical (unpaired) electrons. The third kappa shape index (κ3) is 7.23. The van der Waals surface area contributed by atoms with E-state index in [-0.39, 0.29) is 5.75 Å². The molecule has 1 heterocycles. The number of nitrogens with two attached hydrogens (primary N) is 1. The normalized spacial score (nSPS) is 14.4. The van der Waals surface area contributed by atoms with Gasteiger partial charge in [-0.15, -0.1) is 11.3 Å². The van der Waals surface area contributed by atoms with Crippen molar-refractivity contribution in [3.63, 3.8) is 0 Å². The summed E-state index contributed by atoms with van der Waals surface area (Å²) in [6.07, 6.45) is 1.63. The van der Waals surface area contributed by atoms with Gasteiger partial charge in [-0.3, -0.25) is 4.79 Å². The van der Waals surface area contributed by atoms with Gasteiger partial charge in [-0.05, 0) is 24.0 Å². The van der Waals surface area contributed by atoms with Crippen LogP contribution < -0.4 is 11.1 Å². The second-order valence-electron chi connectivity index (χ2n) is 7.60. The number of aryl methyl sites for hydroxylation is 1. The molecular weight excluding hydrogens is 446 g/mol. The van der Waals surface area contributed by atoms with Crippen molar-refractivity contribution in [2.45, 2.75) is 36.8 Å². The zero-order valence-corrected chi connectivity index (χ0v) is 19.1. The summed E-state index contributed by atoms with van der Waals surface area (Å²) in [6.45, 7) is 0. The predicted octanol–water partition coefficient (Wildman–Crippen LogP) is 2.24. The molecule has 0 bridgehead atoms. The van der Waals surface area contributed by atoms with Crippen LogP contribution in [0.4, 0.5) is 0 Å². The second-order valence-corrected chi connectivity index (χ2v) is 10.6. The highest BCUT2D eigenvalue weighted by Crippen LogP contribution is 2.22. The molecule has 2 aromatic carbocycles. The summed E-state index contributed by atoms with van der Waals surface area (Å²) in [5.74, 6) is -1.28. The number of carbonyl (C=O) groups excluding carboxylic acids is 1. The molecule has 9 heteroatoms. The zero-order valence-electron chi connectivity index (χ0n) is 17.5. The lowest BCUT2D eigenvalue weighted by atomic mass is 10.0. The smallest absolute Gasteiger partial charge is 0.238 e. The average molecular weight is 474 g/mol. The highest BCUT2D eigenvalue weighted by Gasteiger charge is 2.29. The number of amides is 1. The monoisotopic (exact) mass is 473 g/mol. The molecular formula is C23H27N3O4S2. The molecule has 0 saturated carbocycles. The van der Waals surface area contributed by atoms with Gasteiger partial charge in [-0.25, -0.2) is 13.4 Å². The van der Waals surface area contributed by atoms with E-state index in [1.807, 2.05) is 30.3 Å². The Morgan fingerprint density at radius 3 is 2.28 bits per heavy atom. The highest BCUT2D eigenvalue weighted by atomic mass is 32.2. The fourth-order valence-electron chi connectivity index (χ4n) is 3.35. The molecule has 2 unspecified atom stereocenters. The van der Waals surface area contributed by atoms with Crippen molar-refractivity contribution in [3.8, 4) is 0 Å². The maximum atomic E-state index is 12.7. The van der Waals surface area contributed by atoms with E-state index in [1.165, 1.54) is 11.3 Å². The van der Waals surface area contributed by atoms with Crippen LogP contribution in [0.2, 0.25) is 0 Å². The van der Waals surface area contributed by atoms with E-state index in [0.717, 1.165) is 5.56 Å². The van der Waals surface area contributed by atoms with Crippen LogP contribution in [0.25, 0.3) is 0 Å². The van der Waals surface area contributed by atoms with Gasteiger partial charge < -0.3 is 16.2 Å². The van der Waals surface area contributed by atoms with Gasteiger partial charge in [0.1, 0.15) is 11.1 Å². The number of sulfone groups is 1. The van der Waals surface area contributed by atoms with Crippen LogP contribution in [0.3, 0.4) is 0 Å². The van der Waals surface area contributed by atoms with Gasteiger partial charge in [-0.1, -0.05) is 60.7 Å². The predicted molar refractivity (Wildman–Crippen MR) is 126 cm³/mol. The molecule has 3 rings (SSSR count). The van der Waals surface area contributed by atoms with Crippen molar-refractivity contribution in [3.05, 3.63) is 88.4 Å². The summed E-state index contributed by atoms with van der Waals surface area (Å²) in [5.41, 5.74) is 7.65. The largest absolute Gasteiger partial charge is 0.384 e. The van der Waals surface area contributed by atoms with Crippen molar-refractivity contribution < 1.29 is 18.3 Å². The molecule has 0 aliphatic rings. The first-order chi connectivity index (χ1) is 15.3. The van der Waals surface area contributed by atoms with Crippen LogP contribution in [0, 0.1) is 0 Å². The number of aliphatic hydroxyl groups is 1. The number of carbonyl (C=O) groups is 1. The molecule has 0 saturated heterocycles. The summed E-state index contributed by atoms with van der Waals surface area (Å²) in [7, 11) is -3.59. The van der Waals surface area contributed by atoms with E-state index >= 15 is 0 Å². The summed E-state index contributed by atoms with van der Waals surface area (Å²) in [4.78, 5) is 16.9. The van der Waals surface area contributed by atoms with Crippen molar-refractivity contribution in [1.82, 2.24) is 10.3 Å². The van der Waals surface area contributed by atoms with Gasteiger partial charge in [-0.2, -0.15) is 0 Å². The topological polar surface area (TPSA) is 122 Å². The molecule has 4 N–H and O–H groups in total. The Hall–Kier alpha value is -2.59. The minimum Gasteiger partial charge on any atom is -0.384 e. The summed E-state index contributed by atoms with van der Waals surface area (Å²) in [5, 5.41) is 15.8. The molecule has 0 spiro atoms. The summed E-state index contributed by atoms with van der Waals surface area (Å²) >= 11 is 1.29. The van der Waals surface area contributed by atoms with Gasteiger partial charge in [0.15, 0.2) is 9.84 Å². The van der Waals surface area contributed by atoms with Crippen LogP contribution >= 0.6 is 11.3 Å². The zero-order chi connectivity index (χ0) is 23.0. The molecule has 1 aromatic heterocycles. The minimum absolute atomic E-state index is 0.187. The number of aromatic nitrogens is 1. The number of hydrogen-bond acceptors (Lipinski definition) is 7. The maximum absolute atomic E-state index is 12.7. The molecule has 0 aliphatic heterocycles. The lowest BCUT2D eigenvalue weighted by Crippen LogP contribution is -2.50. The van der Waals surface area contributed by atoms with Crippen LogP contribution in [0.1, 0.15) is 28.7 Å². The third-order valence-corrected chi connectivity index (χ3v) is 7.49. The molecule has 170 valence electrons. The average Bonchev–Trinajstić information content (AvgIpc) is 3.31. The van der Waals surface area contributed by atoms with Crippen molar-refractivity contribution in [1.29, 1.82) is 0 Å². The van der Waals surface area contributed by atoms with Crippen molar-refractivity contribution >= 4 is 27.1 Å². The molecule has 0 fully saturated rings. The Kier molecular flexibility index (Phi) is 8.52. The molecule has 1 amide bonds. The van der Waals surface area contributed by atoms with Crippen LogP contribution in [-0.2, 0) is 26.8 Å². The molecule has 3 aromatic rings. The maximum Gasteiger partial charge on any atom is 0.238 e. The summed E-state index contributed by atoms with van der Waals surface area (Å²) in [6, 6.07) is 16.6. The second kappa shape index (κ2) is 11.3. The number of nitrogens with zero attached hydrogens (tertiary/aromatic N) is 1. The number of thiazole rings is 1. The fourth-order valence-corrected chi connectivity index (χ4v) is 5.56. The lowest BCUT2D eigenvalue weighted by Gasteiger charge is -2.24. The van der Waals surface area contributed by atoms with E-state index in [9.17, 15) is 18.3 Å². The molecule has 32 heavy (non-hydrogen) atoms. The molecule has 0 aliphatic carbocycles. The van der Waals surface area contributed by atoms with Gasteiger partial charge >= 0.3 is 0 Å². The third-order valence-electron chi connectivity index (χ3n) is 5.00.